The summed E-state index contributed by atoms with van der Waals surface area (Å²) in [6.45, 7) is 1.47. The molecule has 2 aromatic rings. The van der Waals surface area contributed by atoms with Crippen molar-refractivity contribution in [1.29, 1.82) is 0 Å². The molecule has 25 heavy (non-hydrogen) atoms. The van der Waals surface area contributed by atoms with Crippen LogP contribution in [0, 0.1) is 0 Å². The summed E-state index contributed by atoms with van der Waals surface area (Å²) in [4.78, 5) is 16.2. The van der Waals surface area contributed by atoms with Crippen LogP contribution in [-0.4, -0.2) is 42.5 Å². The Morgan fingerprint density at radius 2 is 2.08 bits per heavy atom. The minimum atomic E-state index is -3.45. The summed E-state index contributed by atoms with van der Waals surface area (Å²) in [5.74, 6) is 0.747. The number of sulfonamides is 1. The molecule has 0 bridgehead atoms. The highest BCUT2D eigenvalue weighted by atomic mass is 32.2. The van der Waals surface area contributed by atoms with Crippen molar-refractivity contribution in [2.45, 2.75) is 29.3 Å². The van der Waals surface area contributed by atoms with E-state index in [1.54, 1.807) is 30.5 Å². The SMILES string of the molecule is O=C(CSc1ccc(S(=O)(=O)N2CCCC2)cn1)NCc1ccco1. The molecule has 1 aliphatic heterocycles. The molecule has 0 aliphatic carbocycles. The third-order valence-corrected chi connectivity index (χ3v) is 6.63. The summed E-state index contributed by atoms with van der Waals surface area (Å²) >= 11 is 1.26. The number of hydrogen-bond acceptors (Lipinski definition) is 6. The Hall–Kier alpha value is -1.84. The van der Waals surface area contributed by atoms with Gasteiger partial charge < -0.3 is 9.73 Å². The number of rotatable bonds is 7. The normalized spacial score (nSPS) is 15.4. The molecule has 1 fully saturated rings. The smallest absolute Gasteiger partial charge is 0.244 e. The molecule has 9 heteroatoms. The van der Waals surface area contributed by atoms with Crippen molar-refractivity contribution in [1.82, 2.24) is 14.6 Å². The number of nitrogens with zero attached hydrogens (tertiary/aromatic N) is 2. The second-order valence-corrected chi connectivity index (χ2v) is 8.52. The standard InChI is InChI=1S/C16H19N3O4S2/c20-15(17-10-13-4-3-9-23-13)12-24-16-6-5-14(11-18-16)25(21,22)19-7-1-2-8-19/h3-6,9,11H,1-2,7-8,10,12H2,(H,17,20). The van der Waals surface area contributed by atoms with E-state index in [2.05, 4.69) is 10.3 Å². The van der Waals surface area contributed by atoms with Crippen LogP contribution in [0.1, 0.15) is 18.6 Å². The van der Waals surface area contributed by atoms with Gasteiger partial charge in [0.05, 0.1) is 23.6 Å². The fourth-order valence-corrected chi connectivity index (χ4v) is 4.61. The fraction of sp³-hybridized carbons (Fsp3) is 0.375. The second-order valence-electron chi connectivity index (χ2n) is 5.59. The van der Waals surface area contributed by atoms with E-state index >= 15 is 0 Å². The lowest BCUT2D eigenvalue weighted by molar-refractivity contribution is -0.118. The lowest BCUT2D eigenvalue weighted by atomic mass is 10.4. The van der Waals surface area contributed by atoms with E-state index in [1.165, 1.54) is 22.3 Å². The van der Waals surface area contributed by atoms with Crippen LogP contribution in [0.15, 0.2) is 51.1 Å². The van der Waals surface area contributed by atoms with Crippen molar-refractivity contribution in [3.8, 4) is 0 Å². The lowest BCUT2D eigenvalue weighted by Crippen LogP contribution is -2.27. The number of nitrogens with one attached hydrogen (secondary N) is 1. The maximum Gasteiger partial charge on any atom is 0.244 e. The summed E-state index contributed by atoms with van der Waals surface area (Å²) in [7, 11) is -3.45. The first-order chi connectivity index (χ1) is 12.1. The highest BCUT2D eigenvalue weighted by Gasteiger charge is 2.27. The van der Waals surface area contributed by atoms with Crippen LogP contribution in [0.3, 0.4) is 0 Å². The molecule has 1 saturated heterocycles. The highest BCUT2D eigenvalue weighted by molar-refractivity contribution is 7.99. The number of furan rings is 1. The van der Waals surface area contributed by atoms with E-state index in [0.29, 0.717) is 30.4 Å². The van der Waals surface area contributed by atoms with Gasteiger partial charge in [-0.05, 0) is 37.1 Å². The van der Waals surface area contributed by atoms with Crippen LogP contribution in [0.2, 0.25) is 0 Å². The molecule has 0 radical (unpaired) electrons. The Bertz CT molecular complexity index is 798. The Labute approximate surface area is 150 Å². The molecule has 1 aliphatic rings. The van der Waals surface area contributed by atoms with Gasteiger partial charge in [0.15, 0.2) is 0 Å². The van der Waals surface area contributed by atoms with Gasteiger partial charge in [-0.1, -0.05) is 11.8 Å². The molecule has 134 valence electrons. The van der Waals surface area contributed by atoms with E-state index in [0.717, 1.165) is 12.8 Å². The largest absolute Gasteiger partial charge is 0.467 e. The highest BCUT2D eigenvalue weighted by Crippen LogP contribution is 2.22. The van der Waals surface area contributed by atoms with Gasteiger partial charge in [-0.25, -0.2) is 13.4 Å². The van der Waals surface area contributed by atoms with E-state index in [1.807, 2.05) is 0 Å². The Kier molecular flexibility index (Phi) is 5.77. The van der Waals surface area contributed by atoms with Crippen molar-refractivity contribution < 1.29 is 17.6 Å². The molecule has 3 heterocycles. The summed E-state index contributed by atoms with van der Waals surface area (Å²) < 4.78 is 31.5. The number of thioether (sulfide) groups is 1. The zero-order valence-electron chi connectivity index (χ0n) is 13.6. The van der Waals surface area contributed by atoms with Crippen molar-refractivity contribution in [3.63, 3.8) is 0 Å². The first kappa shape index (κ1) is 18.0. The van der Waals surface area contributed by atoms with E-state index in [4.69, 9.17) is 4.42 Å². The minimum Gasteiger partial charge on any atom is -0.467 e. The average molecular weight is 381 g/mol. The van der Waals surface area contributed by atoms with Gasteiger partial charge >= 0.3 is 0 Å². The zero-order valence-corrected chi connectivity index (χ0v) is 15.2. The van der Waals surface area contributed by atoms with Crippen molar-refractivity contribution in [3.05, 3.63) is 42.5 Å². The van der Waals surface area contributed by atoms with E-state index in [9.17, 15) is 13.2 Å². The quantitative estimate of drug-likeness (QED) is 0.736. The molecule has 0 unspecified atom stereocenters. The number of hydrogen-bond donors (Lipinski definition) is 1. The van der Waals surface area contributed by atoms with Gasteiger partial charge in [0, 0.05) is 19.3 Å². The second kappa shape index (κ2) is 8.03. The topological polar surface area (TPSA) is 92.5 Å². The van der Waals surface area contributed by atoms with Crippen LogP contribution in [0.5, 0.6) is 0 Å². The number of pyridine rings is 1. The molecule has 1 amide bonds. The van der Waals surface area contributed by atoms with E-state index < -0.39 is 10.0 Å². The number of carbonyl (C=O) groups excluding carboxylic acids is 1. The molecule has 2 aromatic heterocycles. The van der Waals surface area contributed by atoms with Crippen molar-refractivity contribution in [2.75, 3.05) is 18.8 Å². The maximum atomic E-state index is 12.4. The van der Waals surface area contributed by atoms with Crippen molar-refractivity contribution in [2.24, 2.45) is 0 Å². The van der Waals surface area contributed by atoms with E-state index in [-0.39, 0.29) is 16.6 Å². The maximum absolute atomic E-state index is 12.4. The van der Waals surface area contributed by atoms with Crippen molar-refractivity contribution >= 4 is 27.7 Å². The summed E-state index contributed by atoms with van der Waals surface area (Å²) in [5, 5.41) is 3.35. The molecule has 3 rings (SSSR count). The zero-order chi connectivity index (χ0) is 17.7. The predicted octanol–water partition coefficient (Wildman–Crippen LogP) is 1.87. The molecule has 0 aromatic carbocycles. The van der Waals surface area contributed by atoms with Gasteiger partial charge in [0.1, 0.15) is 10.7 Å². The van der Waals surface area contributed by atoms with Crippen LogP contribution in [-0.2, 0) is 21.4 Å². The van der Waals surface area contributed by atoms with Gasteiger partial charge in [-0.2, -0.15) is 4.31 Å². The first-order valence-corrected chi connectivity index (χ1v) is 10.4. The average Bonchev–Trinajstić information content (AvgIpc) is 3.32. The fourth-order valence-electron chi connectivity index (χ4n) is 2.47. The molecule has 0 atom stereocenters. The minimum absolute atomic E-state index is 0.142. The first-order valence-electron chi connectivity index (χ1n) is 7.94. The predicted molar refractivity (Wildman–Crippen MR) is 93.5 cm³/mol. The van der Waals surface area contributed by atoms with Gasteiger partial charge in [0.25, 0.3) is 0 Å². The number of aromatic nitrogens is 1. The van der Waals surface area contributed by atoms with Gasteiger partial charge in [0.2, 0.25) is 15.9 Å². The summed E-state index contributed by atoms with van der Waals surface area (Å²) in [5.41, 5.74) is 0. The Balaban J connectivity index is 1.51. The van der Waals surface area contributed by atoms with Crippen LogP contribution in [0.25, 0.3) is 0 Å². The Morgan fingerprint density at radius 1 is 1.28 bits per heavy atom. The molecular weight excluding hydrogens is 362 g/mol. The summed E-state index contributed by atoms with van der Waals surface area (Å²) in [6.07, 6.45) is 4.70. The molecule has 0 saturated carbocycles. The Morgan fingerprint density at radius 3 is 2.72 bits per heavy atom. The lowest BCUT2D eigenvalue weighted by Gasteiger charge is -2.15. The third-order valence-electron chi connectivity index (χ3n) is 3.80. The number of amides is 1. The molecular formula is C16H19N3O4S2. The molecule has 0 spiro atoms. The van der Waals surface area contributed by atoms with Crippen LogP contribution < -0.4 is 5.32 Å². The van der Waals surface area contributed by atoms with Gasteiger partial charge in [-0.15, -0.1) is 0 Å². The van der Waals surface area contributed by atoms with Gasteiger partial charge in [-0.3, -0.25) is 4.79 Å². The monoisotopic (exact) mass is 381 g/mol. The number of carbonyl (C=O) groups is 1. The van der Waals surface area contributed by atoms with Crippen LogP contribution >= 0.6 is 11.8 Å². The molecule has 1 N–H and O–H groups in total. The molecule has 7 nitrogen and oxygen atoms in total. The van der Waals surface area contributed by atoms with Crippen LogP contribution in [0.4, 0.5) is 0 Å². The summed E-state index contributed by atoms with van der Waals surface area (Å²) in [6, 6.07) is 6.73. The third kappa shape index (κ3) is 4.62.